The predicted molar refractivity (Wildman–Crippen MR) is 89.6 cm³/mol. The lowest BCUT2D eigenvalue weighted by Gasteiger charge is -2.18. The van der Waals surface area contributed by atoms with E-state index in [9.17, 15) is 4.79 Å². The van der Waals surface area contributed by atoms with Crippen molar-refractivity contribution < 1.29 is 9.53 Å². The summed E-state index contributed by atoms with van der Waals surface area (Å²) in [6.07, 6.45) is 3.95. The van der Waals surface area contributed by atoms with E-state index in [1.165, 1.54) is 0 Å². The molecule has 0 atom stereocenters. The number of rotatable bonds is 9. The van der Waals surface area contributed by atoms with Crippen LogP contribution in [0.4, 0.5) is 0 Å². The molecule has 0 saturated heterocycles. The lowest BCUT2D eigenvalue weighted by molar-refractivity contribution is -0.119. The average molecular weight is 311 g/mol. The maximum Gasteiger partial charge on any atom is 0.132 e. The van der Waals surface area contributed by atoms with Crippen molar-refractivity contribution >= 4 is 17.4 Å². The van der Waals surface area contributed by atoms with E-state index in [-0.39, 0.29) is 0 Å². The Morgan fingerprint density at radius 1 is 1.24 bits per heavy atom. The summed E-state index contributed by atoms with van der Waals surface area (Å²) in [4.78, 5) is 11.6. The van der Waals surface area contributed by atoms with Crippen LogP contribution in [0.3, 0.4) is 0 Å². The Labute approximate surface area is 133 Å². The van der Waals surface area contributed by atoms with Crippen LogP contribution in [0.2, 0.25) is 5.02 Å². The molecule has 0 N–H and O–H groups in total. The molecule has 2 nitrogen and oxygen atoms in total. The summed E-state index contributed by atoms with van der Waals surface area (Å²) in [7, 11) is 0. The van der Waals surface area contributed by atoms with Crippen LogP contribution in [0.5, 0.6) is 5.75 Å². The van der Waals surface area contributed by atoms with E-state index >= 15 is 0 Å². The van der Waals surface area contributed by atoms with Gasteiger partial charge in [0, 0.05) is 17.9 Å². The van der Waals surface area contributed by atoms with E-state index in [1.807, 2.05) is 26.0 Å². The maximum atomic E-state index is 11.6. The molecule has 0 heterocycles. The van der Waals surface area contributed by atoms with Gasteiger partial charge in [-0.25, -0.2) is 0 Å². The summed E-state index contributed by atoms with van der Waals surface area (Å²) in [6.45, 7) is 8.96. The summed E-state index contributed by atoms with van der Waals surface area (Å²) in [5.74, 6) is 1.67. The molecule has 0 aromatic heterocycles. The van der Waals surface area contributed by atoms with Crippen molar-refractivity contribution in [3.05, 3.63) is 28.3 Å². The molecule has 21 heavy (non-hydrogen) atoms. The third-order valence-corrected chi connectivity index (χ3v) is 3.72. The fraction of sp³-hybridized carbons (Fsp3) is 0.611. The first kappa shape index (κ1) is 18.0. The van der Waals surface area contributed by atoms with Crippen molar-refractivity contribution in [2.24, 2.45) is 0 Å². The number of ether oxygens (including phenoxy) is 1. The van der Waals surface area contributed by atoms with Crippen molar-refractivity contribution in [3.8, 4) is 5.75 Å². The van der Waals surface area contributed by atoms with Gasteiger partial charge in [0.15, 0.2) is 0 Å². The molecule has 3 heteroatoms. The molecule has 0 amide bonds. The monoisotopic (exact) mass is 310 g/mol. The summed E-state index contributed by atoms with van der Waals surface area (Å²) in [6, 6.07) is 3.96. The Morgan fingerprint density at radius 2 is 1.95 bits per heavy atom. The van der Waals surface area contributed by atoms with Crippen LogP contribution in [-0.2, 0) is 11.2 Å². The smallest absolute Gasteiger partial charge is 0.132 e. The molecule has 1 aromatic carbocycles. The summed E-state index contributed by atoms with van der Waals surface area (Å²) in [5.41, 5.74) is 2.27. The van der Waals surface area contributed by atoms with Crippen molar-refractivity contribution in [2.75, 3.05) is 6.61 Å². The molecule has 118 valence electrons. The molecule has 1 aromatic rings. The van der Waals surface area contributed by atoms with Gasteiger partial charge in [-0.2, -0.15) is 0 Å². The first-order chi connectivity index (χ1) is 9.99. The van der Waals surface area contributed by atoms with Gasteiger partial charge in [-0.1, -0.05) is 32.4 Å². The average Bonchev–Trinajstić information content (AvgIpc) is 2.41. The highest BCUT2D eigenvalue weighted by Gasteiger charge is 2.14. The summed E-state index contributed by atoms with van der Waals surface area (Å²) in [5, 5.41) is 0.747. The lowest BCUT2D eigenvalue weighted by atomic mass is 9.96. The number of Topliss-reactive ketones (excluding diaryl/α,β-unsaturated/α-hetero) is 1. The quantitative estimate of drug-likeness (QED) is 0.597. The van der Waals surface area contributed by atoms with Gasteiger partial charge in [0.05, 0.1) is 6.61 Å². The van der Waals surface area contributed by atoms with Gasteiger partial charge in [-0.15, -0.1) is 0 Å². The van der Waals surface area contributed by atoms with Crippen LogP contribution in [0, 0.1) is 0 Å². The van der Waals surface area contributed by atoms with Crippen LogP contribution in [0.15, 0.2) is 12.1 Å². The molecule has 0 fully saturated rings. The molecule has 0 aliphatic carbocycles. The first-order valence-electron chi connectivity index (χ1n) is 7.96. The molecule has 0 bridgehead atoms. The van der Waals surface area contributed by atoms with Gasteiger partial charge in [0.25, 0.3) is 0 Å². The minimum Gasteiger partial charge on any atom is -0.493 e. The van der Waals surface area contributed by atoms with Crippen molar-refractivity contribution in [1.82, 2.24) is 0 Å². The highest BCUT2D eigenvalue weighted by molar-refractivity contribution is 6.30. The third kappa shape index (κ3) is 5.70. The van der Waals surface area contributed by atoms with E-state index < -0.39 is 0 Å². The Balaban J connectivity index is 2.86. The number of ketones is 1. The van der Waals surface area contributed by atoms with Crippen molar-refractivity contribution in [2.45, 2.75) is 65.7 Å². The normalized spacial score (nSPS) is 11.0. The van der Waals surface area contributed by atoms with Crippen LogP contribution in [0.1, 0.15) is 70.4 Å². The Bertz CT molecular complexity index is 467. The standard InChI is InChI=1S/C18H27ClO2/c1-5-8-16(20)10-7-9-14-11-15(19)12-17(13(3)4)18(14)21-6-2/h11-13H,5-10H2,1-4H3. The zero-order valence-electron chi connectivity index (χ0n) is 13.7. The molecular formula is C18H27ClO2. The van der Waals surface area contributed by atoms with E-state index in [1.54, 1.807) is 0 Å². The molecule has 1 rings (SSSR count). The van der Waals surface area contributed by atoms with Crippen LogP contribution < -0.4 is 4.74 Å². The number of halogens is 1. The largest absolute Gasteiger partial charge is 0.493 e. The molecule has 0 radical (unpaired) electrons. The molecule has 0 aliphatic rings. The predicted octanol–water partition coefficient (Wildman–Crippen LogP) is 5.55. The zero-order chi connectivity index (χ0) is 15.8. The van der Waals surface area contributed by atoms with Crippen LogP contribution in [0.25, 0.3) is 0 Å². The highest BCUT2D eigenvalue weighted by Crippen LogP contribution is 2.34. The zero-order valence-corrected chi connectivity index (χ0v) is 14.4. The number of carbonyl (C=O) groups is 1. The minimum absolute atomic E-state index is 0.349. The molecule has 0 spiro atoms. The second kappa shape index (κ2) is 9.09. The fourth-order valence-corrected chi connectivity index (χ4v) is 2.74. The summed E-state index contributed by atoms with van der Waals surface area (Å²) >= 11 is 6.23. The summed E-state index contributed by atoms with van der Waals surface area (Å²) < 4.78 is 5.85. The van der Waals surface area contributed by atoms with Gasteiger partial charge in [0.1, 0.15) is 11.5 Å². The van der Waals surface area contributed by atoms with Crippen LogP contribution in [-0.4, -0.2) is 12.4 Å². The number of aryl methyl sites for hydroxylation is 1. The molecular weight excluding hydrogens is 284 g/mol. The van der Waals surface area contributed by atoms with E-state index in [0.29, 0.717) is 31.1 Å². The topological polar surface area (TPSA) is 26.3 Å². The van der Waals surface area contributed by atoms with Crippen molar-refractivity contribution in [1.29, 1.82) is 0 Å². The third-order valence-electron chi connectivity index (χ3n) is 3.50. The number of benzene rings is 1. The van der Waals surface area contributed by atoms with Crippen molar-refractivity contribution in [3.63, 3.8) is 0 Å². The van der Waals surface area contributed by atoms with Crippen LogP contribution >= 0.6 is 11.6 Å². The van der Waals surface area contributed by atoms with Gasteiger partial charge in [-0.05, 0) is 55.4 Å². The Morgan fingerprint density at radius 3 is 2.52 bits per heavy atom. The van der Waals surface area contributed by atoms with Gasteiger partial charge in [-0.3, -0.25) is 4.79 Å². The van der Waals surface area contributed by atoms with Gasteiger partial charge in [0.2, 0.25) is 0 Å². The second-order valence-electron chi connectivity index (χ2n) is 5.71. The van der Waals surface area contributed by atoms with Gasteiger partial charge < -0.3 is 4.74 Å². The van der Waals surface area contributed by atoms with Gasteiger partial charge >= 0.3 is 0 Å². The molecule has 0 unspecified atom stereocenters. The number of carbonyl (C=O) groups excluding carboxylic acids is 1. The number of hydrogen-bond acceptors (Lipinski definition) is 2. The lowest BCUT2D eigenvalue weighted by Crippen LogP contribution is -2.04. The van der Waals surface area contributed by atoms with E-state index in [2.05, 4.69) is 13.8 Å². The maximum absolute atomic E-state index is 11.6. The molecule has 0 aliphatic heterocycles. The minimum atomic E-state index is 0.349. The second-order valence-corrected chi connectivity index (χ2v) is 6.15. The Hall–Kier alpha value is -1.02. The Kier molecular flexibility index (Phi) is 7.81. The highest BCUT2D eigenvalue weighted by atomic mass is 35.5. The first-order valence-corrected chi connectivity index (χ1v) is 8.34. The molecule has 0 saturated carbocycles. The SMILES string of the molecule is CCCC(=O)CCCc1cc(Cl)cc(C(C)C)c1OCC. The fourth-order valence-electron chi connectivity index (χ4n) is 2.49. The van der Waals surface area contributed by atoms with E-state index in [0.717, 1.165) is 41.2 Å². The number of hydrogen-bond donors (Lipinski definition) is 0. The van der Waals surface area contributed by atoms with E-state index in [4.69, 9.17) is 16.3 Å².